The highest BCUT2D eigenvalue weighted by Crippen LogP contribution is 2.39. The van der Waals surface area contributed by atoms with Crippen molar-refractivity contribution < 1.29 is 24.4 Å². The number of non-ortho nitro benzene ring substituents is 1. The number of benzene rings is 2. The predicted molar refractivity (Wildman–Crippen MR) is 115 cm³/mol. The van der Waals surface area contributed by atoms with Crippen LogP contribution in [0.4, 0.5) is 5.69 Å². The highest BCUT2D eigenvalue weighted by molar-refractivity contribution is 6.46. The van der Waals surface area contributed by atoms with Gasteiger partial charge in [0.2, 0.25) is 0 Å². The third-order valence-electron chi connectivity index (χ3n) is 4.86. The quantitative estimate of drug-likeness (QED) is 0.226. The van der Waals surface area contributed by atoms with Crippen LogP contribution in [0.25, 0.3) is 5.76 Å². The Balaban J connectivity index is 2.07. The van der Waals surface area contributed by atoms with E-state index >= 15 is 0 Å². The van der Waals surface area contributed by atoms with E-state index in [4.69, 9.17) is 16.3 Å². The summed E-state index contributed by atoms with van der Waals surface area (Å²) in [7, 11) is 0. The maximum Gasteiger partial charge on any atom is 0.295 e. The van der Waals surface area contributed by atoms with Crippen molar-refractivity contribution in [3.63, 3.8) is 0 Å². The lowest BCUT2D eigenvalue weighted by molar-refractivity contribution is -0.384. The van der Waals surface area contributed by atoms with Crippen LogP contribution < -0.4 is 0 Å². The Morgan fingerprint density at radius 3 is 2.32 bits per heavy atom. The van der Waals surface area contributed by atoms with Crippen LogP contribution in [0.3, 0.4) is 0 Å². The Morgan fingerprint density at radius 2 is 1.77 bits per heavy atom. The maximum absolute atomic E-state index is 12.9. The van der Waals surface area contributed by atoms with Gasteiger partial charge in [-0.1, -0.05) is 23.7 Å². The molecule has 1 N–H and O–H groups in total. The third kappa shape index (κ3) is 4.76. The molecule has 31 heavy (non-hydrogen) atoms. The second-order valence-corrected chi connectivity index (χ2v) is 7.70. The minimum atomic E-state index is -0.844. The van der Waals surface area contributed by atoms with Gasteiger partial charge < -0.3 is 14.7 Å². The molecule has 0 saturated carbocycles. The van der Waals surface area contributed by atoms with Crippen LogP contribution in [0.5, 0.6) is 0 Å². The van der Waals surface area contributed by atoms with Gasteiger partial charge in [0.15, 0.2) is 0 Å². The number of nitro benzene ring substituents is 1. The van der Waals surface area contributed by atoms with Crippen molar-refractivity contribution in [1.29, 1.82) is 0 Å². The van der Waals surface area contributed by atoms with Gasteiger partial charge in [-0.2, -0.15) is 0 Å². The van der Waals surface area contributed by atoms with E-state index in [1.54, 1.807) is 24.3 Å². The number of nitro groups is 1. The number of hydrogen-bond donors (Lipinski definition) is 1. The standard InChI is InChI=1S/C22H21ClN2O6/c1-13(2)31-12-11-24-19(14-3-7-16(23)8-4-14)18(21(27)22(24)28)20(26)15-5-9-17(10-6-15)25(29)30/h3-10,13,19,26H,11-12H2,1-2H3/b20-18-. The average molecular weight is 445 g/mol. The summed E-state index contributed by atoms with van der Waals surface area (Å²) in [5.74, 6) is -1.99. The van der Waals surface area contributed by atoms with Crippen LogP contribution in [-0.2, 0) is 14.3 Å². The molecule has 1 fully saturated rings. The topological polar surface area (TPSA) is 110 Å². The lowest BCUT2D eigenvalue weighted by Gasteiger charge is -2.25. The molecule has 2 aromatic rings. The molecule has 1 atom stereocenters. The number of hydrogen-bond acceptors (Lipinski definition) is 6. The number of amides is 1. The molecular weight excluding hydrogens is 424 g/mol. The number of ketones is 1. The Hall–Kier alpha value is -3.23. The van der Waals surface area contributed by atoms with Crippen LogP contribution in [0.15, 0.2) is 54.1 Å². The lowest BCUT2D eigenvalue weighted by atomic mass is 9.95. The molecular formula is C22H21ClN2O6. The molecule has 1 aliphatic heterocycles. The minimum absolute atomic E-state index is 0.0501. The monoisotopic (exact) mass is 444 g/mol. The summed E-state index contributed by atoms with van der Waals surface area (Å²) in [5.41, 5.74) is 0.542. The first-order chi connectivity index (χ1) is 14.7. The van der Waals surface area contributed by atoms with E-state index in [0.29, 0.717) is 10.6 Å². The summed E-state index contributed by atoms with van der Waals surface area (Å²) in [4.78, 5) is 37.3. The number of aliphatic hydroxyl groups is 1. The van der Waals surface area contributed by atoms with E-state index in [0.717, 1.165) is 0 Å². The molecule has 1 unspecified atom stereocenters. The smallest absolute Gasteiger partial charge is 0.295 e. The zero-order valence-corrected chi connectivity index (χ0v) is 17.7. The molecule has 8 nitrogen and oxygen atoms in total. The van der Waals surface area contributed by atoms with Crippen LogP contribution in [-0.4, -0.2) is 45.9 Å². The van der Waals surface area contributed by atoms with Crippen molar-refractivity contribution in [2.24, 2.45) is 0 Å². The first kappa shape index (κ1) is 22.5. The second-order valence-electron chi connectivity index (χ2n) is 7.27. The minimum Gasteiger partial charge on any atom is -0.507 e. The Bertz CT molecular complexity index is 1030. The molecule has 1 aliphatic rings. The molecule has 3 rings (SSSR count). The lowest BCUT2D eigenvalue weighted by Crippen LogP contribution is -2.33. The average Bonchev–Trinajstić information content (AvgIpc) is 2.98. The largest absolute Gasteiger partial charge is 0.507 e. The number of halogens is 1. The van der Waals surface area contributed by atoms with Gasteiger partial charge in [0, 0.05) is 29.3 Å². The van der Waals surface area contributed by atoms with Gasteiger partial charge >= 0.3 is 0 Å². The third-order valence-corrected chi connectivity index (χ3v) is 5.11. The fourth-order valence-electron chi connectivity index (χ4n) is 3.39. The number of likely N-dealkylation sites (tertiary alicyclic amines) is 1. The van der Waals surface area contributed by atoms with Crippen LogP contribution >= 0.6 is 11.6 Å². The van der Waals surface area contributed by atoms with Crippen LogP contribution in [0, 0.1) is 10.1 Å². The number of carbonyl (C=O) groups excluding carboxylic acids is 2. The summed E-state index contributed by atoms with van der Waals surface area (Å²) in [6.45, 7) is 4.08. The van der Waals surface area contributed by atoms with Gasteiger partial charge in [0.05, 0.1) is 29.2 Å². The van der Waals surface area contributed by atoms with Crippen molar-refractivity contribution in [1.82, 2.24) is 4.90 Å². The molecule has 1 amide bonds. The van der Waals surface area contributed by atoms with Crippen molar-refractivity contribution in [2.45, 2.75) is 26.0 Å². The number of rotatable bonds is 7. The summed E-state index contributed by atoms with van der Waals surface area (Å²) >= 11 is 5.98. The molecule has 0 spiro atoms. The van der Waals surface area contributed by atoms with Crippen LogP contribution in [0.2, 0.25) is 5.02 Å². The van der Waals surface area contributed by atoms with Crippen LogP contribution in [0.1, 0.15) is 31.0 Å². The SMILES string of the molecule is CC(C)OCCN1C(=O)C(=O)/C(=C(\O)c2ccc([N+](=O)[O-])cc2)C1c1ccc(Cl)cc1. The van der Waals surface area contributed by atoms with Gasteiger partial charge in [0.25, 0.3) is 17.4 Å². The molecule has 0 aliphatic carbocycles. The molecule has 162 valence electrons. The summed E-state index contributed by atoms with van der Waals surface area (Å²) in [5, 5.41) is 22.3. The number of aliphatic hydroxyl groups excluding tert-OH is 1. The van der Waals surface area contributed by atoms with E-state index in [9.17, 15) is 24.8 Å². The maximum atomic E-state index is 12.9. The zero-order chi connectivity index (χ0) is 22.7. The molecule has 0 aromatic heterocycles. The molecule has 9 heteroatoms. The van der Waals surface area contributed by atoms with Gasteiger partial charge in [-0.05, 0) is 43.7 Å². The number of ether oxygens (including phenoxy) is 1. The fraction of sp³-hybridized carbons (Fsp3) is 0.273. The summed E-state index contributed by atoms with van der Waals surface area (Å²) in [6, 6.07) is 10.9. The van der Waals surface area contributed by atoms with Crippen molar-refractivity contribution in [2.75, 3.05) is 13.2 Å². The van der Waals surface area contributed by atoms with E-state index in [-0.39, 0.29) is 36.1 Å². The Kier molecular flexibility index (Phi) is 6.72. The van der Waals surface area contributed by atoms with Gasteiger partial charge in [-0.15, -0.1) is 0 Å². The molecule has 1 heterocycles. The van der Waals surface area contributed by atoms with Crippen molar-refractivity contribution in [3.8, 4) is 0 Å². The van der Waals surface area contributed by atoms with E-state index in [2.05, 4.69) is 0 Å². The van der Waals surface area contributed by atoms with Crippen molar-refractivity contribution in [3.05, 3.63) is 80.4 Å². The summed E-state index contributed by atoms with van der Waals surface area (Å²) < 4.78 is 5.54. The molecule has 2 aromatic carbocycles. The molecule has 1 saturated heterocycles. The highest BCUT2D eigenvalue weighted by Gasteiger charge is 2.45. The van der Waals surface area contributed by atoms with E-state index < -0.39 is 28.4 Å². The highest BCUT2D eigenvalue weighted by atomic mass is 35.5. The zero-order valence-electron chi connectivity index (χ0n) is 16.9. The Labute approximate surface area is 183 Å². The normalized spacial score (nSPS) is 18.1. The molecule has 0 radical (unpaired) electrons. The predicted octanol–water partition coefficient (Wildman–Crippen LogP) is 4.09. The van der Waals surface area contributed by atoms with E-state index in [1.165, 1.54) is 29.2 Å². The number of Topliss-reactive ketones (excluding diaryl/α,β-unsaturated/α-hetero) is 1. The Morgan fingerprint density at radius 1 is 1.16 bits per heavy atom. The van der Waals surface area contributed by atoms with Crippen molar-refractivity contribution >= 4 is 34.7 Å². The number of carbonyl (C=O) groups is 2. The van der Waals surface area contributed by atoms with E-state index in [1.807, 2.05) is 13.8 Å². The summed E-state index contributed by atoms with van der Waals surface area (Å²) in [6.07, 6.45) is -0.0501. The van der Waals surface area contributed by atoms with Gasteiger partial charge in [0.1, 0.15) is 5.76 Å². The molecule has 0 bridgehead atoms. The number of nitrogens with zero attached hydrogens (tertiary/aromatic N) is 2. The van der Waals surface area contributed by atoms with Gasteiger partial charge in [-0.3, -0.25) is 19.7 Å². The fourth-order valence-corrected chi connectivity index (χ4v) is 3.51. The first-order valence-corrected chi connectivity index (χ1v) is 9.98. The first-order valence-electron chi connectivity index (χ1n) is 9.61. The second kappa shape index (κ2) is 9.28. The van der Waals surface area contributed by atoms with Gasteiger partial charge in [-0.25, -0.2) is 0 Å².